The van der Waals surface area contributed by atoms with Gasteiger partial charge in [-0.1, -0.05) is 34.6 Å². The summed E-state index contributed by atoms with van der Waals surface area (Å²) in [6.45, 7) is 13.7. The van der Waals surface area contributed by atoms with Crippen LogP contribution in [0.3, 0.4) is 0 Å². The molecule has 1 saturated carbocycles. The third-order valence-electron chi connectivity index (χ3n) is 4.95. The van der Waals surface area contributed by atoms with Gasteiger partial charge in [-0.05, 0) is 62.8 Å². The van der Waals surface area contributed by atoms with Gasteiger partial charge in [0.05, 0.1) is 5.60 Å². The maximum Gasteiger partial charge on any atom is 0.0806 e. The van der Waals surface area contributed by atoms with Crippen LogP contribution in [0.25, 0.3) is 0 Å². The van der Waals surface area contributed by atoms with Crippen LogP contribution in [0.5, 0.6) is 0 Å². The van der Waals surface area contributed by atoms with E-state index in [1.807, 2.05) is 0 Å². The highest BCUT2D eigenvalue weighted by Crippen LogP contribution is 2.42. The van der Waals surface area contributed by atoms with Crippen LogP contribution in [0.4, 0.5) is 0 Å². The molecule has 0 amide bonds. The number of ether oxygens (including phenoxy) is 1. The molecular weight excluding hydrogens is 246 g/mol. The molecule has 2 heteroatoms. The average molecular weight is 284 g/mol. The van der Waals surface area contributed by atoms with E-state index in [9.17, 15) is 0 Å². The van der Waals surface area contributed by atoms with Crippen molar-refractivity contribution in [2.75, 3.05) is 20.2 Å². The second-order valence-electron chi connectivity index (χ2n) is 8.24. The third-order valence-corrected chi connectivity index (χ3v) is 4.95. The first-order valence-electron chi connectivity index (χ1n) is 8.58. The van der Waals surface area contributed by atoms with Crippen molar-refractivity contribution in [3.8, 4) is 0 Å². The molecule has 120 valence electrons. The molecule has 0 spiro atoms. The molecule has 1 N–H and O–H groups in total. The highest BCUT2D eigenvalue weighted by atomic mass is 16.5. The fourth-order valence-corrected chi connectivity index (χ4v) is 3.48. The van der Waals surface area contributed by atoms with Crippen molar-refractivity contribution in [2.45, 2.75) is 78.7 Å². The summed E-state index contributed by atoms with van der Waals surface area (Å²) < 4.78 is 6.36. The molecule has 0 unspecified atom stereocenters. The molecule has 1 fully saturated rings. The Balaban J connectivity index is 2.45. The maximum atomic E-state index is 6.36. The first-order chi connectivity index (χ1) is 9.29. The van der Waals surface area contributed by atoms with E-state index in [4.69, 9.17) is 4.74 Å². The molecule has 0 radical (unpaired) electrons. The van der Waals surface area contributed by atoms with E-state index in [-0.39, 0.29) is 5.60 Å². The lowest BCUT2D eigenvalue weighted by Gasteiger charge is -2.44. The summed E-state index contributed by atoms with van der Waals surface area (Å²) >= 11 is 0. The average Bonchev–Trinajstić information content (AvgIpc) is 2.34. The molecule has 1 rings (SSSR count). The molecule has 0 bridgehead atoms. The Morgan fingerprint density at radius 3 is 2.25 bits per heavy atom. The monoisotopic (exact) mass is 283 g/mol. The molecule has 20 heavy (non-hydrogen) atoms. The van der Waals surface area contributed by atoms with E-state index in [0.717, 1.165) is 25.0 Å². The van der Waals surface area contributed by atoms with Crippen LogP contribution in [0.2, 0.25) is 0 Å². The van der Waals surface area contributed by atoms with Crippen LogP contribution in [0.15, 0.2) is 0 Å². The van der Waals surface area contributed by atoms with E-state index in [1.54, 1.807) is 0 Å². The molecule has 0 aromatic heterocycles. The fraction of sp³-hybridized carbons (Fsp3) is 1.00. The molecule has 1 aliphatic rings. The fourth-order valence-electron chi connectivity index (χ4n) is 3.48. The van der Waals surface area contributed by atoms with Crippen LogP contribution in [0, 0.1) is 17.3 Å². The second kappa shape index (κ2) is 7.79. The van der Waals surface area contributed by atoms with Gasteiger partial charge in [0, 0.05) is 13.2 Å². The van der Waals surface area contributed by atoms with Crippen LogP contribution in [0.1, 0.15) is 73.1 Å². The van der Waals surface area contributed by atoms with E-state index < -0.39 is 0 Å². The van der Waals surface area contributed by atoms with Gasteiger partial charge in [-0.15, -0.1) is 0 Å². The molecule has 0 saturated heterocycles. The largest absolute Gasteiger partial charge is 0.374 e. The van der Waals surface area contributed by atoms with Crippen LogP contribution >= 0.6 is 0 Å². The van der Waals surface area contributed by atoms with Crippen molar-refractivity contribution in [2.24, 2.45) is 17.3 Å². The first-order valence-corrected chi connectivity index (χ1v) is 8.58. The summed E-state index contributed by atoms with van der Waals surface area (Å²) in [6, 6.07) is 0. The number of nitrogens with one attached hydrogen (secondary N) is 1. The lowest BCUT2D eigenvalue weighted by molar-refractivity contribution is -0.0850. The quantitative estimate of drug-likeness (QED) is 0.688. The van der Waals surface area contributed by atoms with Crippen LogP contribution < -0.4 is 5.32 Å². The van der Waals surface area contributed by atoms with Gasteiger partial charge in [-0.25, -0.2) is 0 Å². The van der Waals surface area contributed by atoms with Gasteiger partial charge in [0.2, 0.25) is 0 Å². The number of likely N-dealkylation sites (N-methyl/N-ethyl adjacent to an activating group) is 1. The predicted octanol–water partition coefficient (Wildman–Crippen LogP) is 4.63. The van der Waals surface area contributed by atoms with Gasteiger partial charge < -0.3 is 10.1 Å². The second-order valence-corrected chi connectivity index (χ2v) is 8.24. The zero-order valence-electron chi connectivity index (χ0n) is 14.7. The van der Waals surface area contributed by atoms with E-state index in [1.165, 1.54) is 38.5 Å². The first kappa shape index (κ1) is 18.0. The molecule has 1 aliphatic carbocycles. The van der Waals surface area contributed by atoms with E-state index in [2.05, 4.69) is 47.0 Å². The summed E-state index contributed by atoms with van der Waals surface area (Å²) in [4.78, 5) is 0. The molecule has 0 aromatic rings. The van der Waals surface area contributed by atoms with Gasteiger partial charge in [0.15, 0.2) is 0 Å². The Morgan fingerprint density at radius 2 is 1.80 bits per heavy atom. The van der Waals surface area contributed by atoms with Crippen molar-refractivity contribution in [3.05, 3.63) is 0 Å². The Labute approximate surface area is 127 Å². The maximum absolute atomic E-state index is 6.36. The highest BCUT2D eigenvalue weighted by molar-refractivity contribution is 4.91. The van der Waals surface area contributed by atoms with Crippen molar-refractivity contribution in [3.63, 3.8) is 0 Å². The van der Waals surface area contributed by atoms with Crippen LogP contribution in [-0.2, 0) is 4.74 Å². The van der Waals surface area contributed by atoms with Crippen molar-refractivity contribution >= 4 is 0 Å². The highest BCUT2D eigenvalue weighted by Gasteiger charge is 2.38. The van der Waals surface area contributed by atoms with Gasteiger partial charge in [-0.2, -0.15) is 0 Å². The zero-order chi connectivity index (χ0) is 15.2. The number of hydrogen-bond acceptors (Lipinski definition) is 2. The van der Waals surface area contributed by atoms with E-state index in [0.29, 0.717) is 5.41 Å². The minimum atomic E-state index is 0.105. The molecule has 0 aliphatic heterocycles. The predicted molar refractivity (Wildman–Crippen MR) is 88.1 cm³/mol. The Kier molecular flexibility index (Phi) is 7.00. The van der Waals surface area contributed by atoms with Gasteiger partial charge >= 0.3 is 0 Å². The van der Waals surface area contributed by atoms with Gasteiger partial charge in [-0.3, -0.25) is 0 Å². The van der Waals surface area contributed by atoms with Crippen LogP contribution in [-0.4, -0.2) is 25.8 Å². The summed E-state index contributed by atoms with van der Waals surface area (Å²) in [7, 11) is 2.05. The van der Waals surface area contributed by atoms with Gasteiger partial charge in [0.25, 0.3) is 0 Å². The molecular formula is C18H37NO. The Morgan fingerprint density at radius 1 is 1.20 bits per heavy atom. The summed E-state index contributed by atoms with van der Waals surface area (Å²) in [6.07, 6.45) is 7.55. The van der Waals surface area contributed by atoms with E-state index >= 15 is 0 Å². The standard InChI is InChI=1S/C18H37NO/c1-15(2)8-7-13-20-18(14-19-6)11-9-16(10-12-18)17(3,4)5/h15-16,19H,7-14H2,1-6H3. The van der Waals surface area contributed by atoms with Crippen molar-refractivity contribution in [1.29, 1.82) is 0 Å². The molecule has 0 atom stereocenters. The van der Waals surface area contributed by atoms with Crippen molar-refractivity contribution in [1.82, 2.24) is 5.32 Å². The summed E-state index contributed by atoms with van der Waals surface area (Å²) in [5.74, 6) is 1.64. The Hall–Kier alpha value is -0.0800. The normalized spacial score (nSPS) is 28.1. The summed E-state index contributed by atoms with van der Waals surface area (Å²) in [5, 5.41) is 3.36. The molecule has 2 nitrogen and oxygen atoms in total. The van der Waals surface area contributed by atoms with Gasteiger partial charge in [0.1, 0.15) is 0 Å². The minimum Gasteiger partial charge on any atom is -0.374 e. The number of hydrogen-bond donors (Lipinski definition) is 1. The molecule has 0 heterocycles. The third kappa shape index (κ3) is 5.73. The topological polar surface area (TPSA) is 21.3 Å². The van der Waals surface area contributed by atoms with Crippen molar-refractivity contribution < 1.29 is 4.74 Å². The smallest absolute Gasteiger partial charge is 0.0806 e. The SMILES string of the molecule is CNCC1(OCCCC(C)C)CCC(C(C)(C)C)CC1. The number of rotatable bonds is 7. The lowest BCUT2D eigenvalue weighted by Crippen LogP contribution is -2.46. The summed E-state index contributed by atoms with van der Waals surface area (Å²) in [5.41, 5.74) is 0.553. The lowest BCUT2D eigenvalue weighted by atomic mass is 9.68. The minimum absolute atomic E-state index is 0.105. The Bertz CT molecular complexity index is 259. The zero-order valence-corrected chi connectivity index (χ0v) is 14.7. The molecule has 0 aromatic carbocycles.